The van der Waals surface area contributed by atoms with Crippen LogP contribution in [0, 0.1) is 23.7 Å². The van der Waals surface area contributed by atoms with E-state index in [2.05, 4.69) is 25.0 Å². The number of Topliss-reactive ketones (excluding diaryl/α,β-unsaturated/α-hetero) is 1. The molecular weight excluding hydrogens is 262 g/mol. The number of nitrogens with zero attached hydrogens (tertiary/aromatic N) is 3. The zero-order valence-electron chi connectivity index (χ0n) is 12.5. The molecule has 0 N–H and O–H groups in total. The molecule has 2 aromatic rings. The van der Waals surface area contributed by atoms with Gasteiger partial charge in [0, 0.05) is 6.42 Å². The van der Waals surface area contributed by atoms with E-state index >= 15 is 0 Å². The maximum absolute atomic E-state index is 12.4. The lowest BCUT2D eigenvalue weighted by atomic mass is 9.75. The second-order valence-corrected chi connectivity index (χ2v) is 6.42. The van der Waals surface area contributed by atoms with Crippen LogP contribution in [-0.4, -0.2) is 15.6 Å². The summed E-state index contributed by atoms with van der Waals surface area (Å²) in [5.74, 6) is 0.179. The van der Waals surface area contributed by atoms with Gasteiger partial charge in [-0.25, -0.2) is 4.68 Å². The first-order valence-corrected chi connectivity index (χ1v) is 7.03. The number of aromatic nitrogens is 2. The Bertz CT molecular complexity index is 761. The van der Waals surface area contributed by atoms with E-state index < -0.39 is 0 Å². The third kappa shape index (κ3) is 2.25. The molecule has 106 valence electrons. The van der Waals surface area contributed by atoms with Crippen LogP contribution >= 0.6 is 0 Å². The lowest BCUT2D eigenvalue weighted by molar-refractivity contribution is 0.0910. The molecule has 1 aliphatic rings. The van der Waals surface area contributed by atoms with Gasteiger partial charge in [-0.1, -0.05) is 13.8 Å². The molecule has 0 saturated carbocycles. The molecule has 1 heterocycles. The van der Waals surface area contributed by atoms with Gasteiger partial charge in [0.05, 0.1) is 34.3 Å². The molecule has 0 radical (unpaired) electrons. The van der Waals surface area contributed by atoms with E-state index in [1.54, 1.807) is 12.1 Å². The highest BCUT2D eigenvalue weighted by Gasteiger charge is 2.35. The van der Waals surface area contributed by atoms with E-state index in [0.29, 0.717) is 12.0 Å². The largest absolute Gasteiger partial charge is 0.294 e. The second-order valence-electron chi connectivity index (χ2n) is 6.42. The molecule has 0 fully saturated rings. The molecule has 1 aromatic heterocycles. The number of fused-ring (bicyclic) bond motifs is 1. The van der Waals surface area contributed by atoms with Crippen LogP contribution in [0.5, 0.6) is 0 Å². The van der Waals surface area contributed by atoms with Crippen molar-refractivity contribution in [3.05, 3.63) is 46.8 Å². The number of carbonyl (C=O) groups excluding carboxylic acids is 1. The highest BCUT2D eigenvalue weighted by atomic mass is 16.1. The molecule has 21 heavy (non-hydrogen) atoms. The fraction of sp³-hybridized carbons (Fsp3) is 0.353. The summed E-state index contributed by atoms with van der Waals surface area (Å²) in [7, 11) is 0. The van der Waals surface area contributed by atoms with Gasteiger partial charge in [-0.15, -0.1) is 0 Å². The van der Waals surface area contributed by atoms with Gasteiger partial charge in [0.25, 0.3) is 0 Å². The second kappa shape index (κ2) is 4.56. The number of rotatable bonds is 1. The third-order valence-electron chi connectivity index (χ3n) is 3.96. The number of hydrogen-bond acceptors (Lipinski definition) is 3. The fourth-order valence-electron chi connectivity index (χ4n) is 3.03. The quantitative estimate of drug-likeness (QED) is 0.805. The van der Waals surface area contributed by atoms with E-state index in [-0.39, 0.29) is 11.2 Å². The molecule has 1 aliphatic carbocycles. The maximum atomic E-state index is 12.4. The molecule has 0 amide bonds. The van der Waals surface area contributed by atoms with Crippen LogP contribution in [0.1, 0.15) is 47.6 Å². The lowest BCUT2D eigenvalue weighted by Crippen LogP contribution is -2.28. The zero-order chi connectivity index (χ0) is 15.2. The van der Waals surface area contributed by atoms with Crippen LogP contribution in [0.25, 0.3) is 5.69 Å². The minimum atomic E-state index is -0.0408. The maximum Gasteiger partial charge on any atom is 0.167 e. The molecule has 0 spiro atoms. The molecule has 0 saturated heterocycles. The molecular formula is C17H17N3O. The molecule has 0 aliphatic heterocycles. The molecule has 4 nitrogen and oxygen atoms in total. The van der Waals surface area contributed by atoms with Gasteiger partial charge in [0.1, 0.15) is 0 Å². The Morgan fingerprint density at radius 1 is 1.24 bits per heavy atom. The smallest absolute Gasteiger partial charge is 0.167 e. The highest BCUT2D eigenvalue weighted by Crippen LogP contribution is 2.36. The summed E-state index contributed by atoms with van der Waals surface area (Å²) in [6, 6.07) is 9.40. The van der Waals surface area contributed by atoms with Crippen LogP contribution < -0.4 is 0 Å². The van der Waals surface area contributed by atoms with Gasteiger partial charge in [-0.3, -0.25) is 4.79 Å². The molecule has 0 atom stereocenters. The van der Waals surface area contributed by atoms with Gasteiger partial charge in [-0.05, 0) is 43.0 Å². The minimum Gasteiger partial charge on any atom is -0.294 e. The van der Waals surface area contributed by atoms with E-state index in [1.807, 2.05) is 23.7 Å². The first-order chi connectivity index (χ1) is 9.91. The number of carbonyl (C=O) groups is 1. The van der Waals surface area contributed by atoms with Gasteiger partial charge in [-0.2, -0.15) is 10.4 Å². The highest BCUT2D eigenvalue weighted by molar-refractivity contribution is 5.99. The van der Waals surface area contributed by atoms with Crippen molar-refractivity contribution in [2.45, 2.75) is 33.6 Å². The molecule has 0 unspecified atom stereocenters. The van der Waals surface area contributed by atoms with Crippen molar-refractivity contribution in [1.82, 2.24) is 9.78 Å². The average Bonchev–Trinajstić information content (AvgIpc) is 2.74. The summed E-state index contributed by atoms with van der Waals surface area (Å²) < 4.78 is 1.85. The Labute approximate surface area is 124 Å². The number of benzene rings is 1. The van der Waals surface area contributed by atoms with Crippen LogP contribution in [0.4, 0.5) is 0 Å². The van der Waals surface area contributed by atoms with Crippen LogP contribution in [0.15, 0.2) is 24.3 Å². The summed E-state index contributed by atoms with van der Waals surface area (Å²) in [5, 5.41) is 13.4. The van der Waals surface area contributed by atoms with Crippen molar-refractivity contribution in [1.29, 1.82) is 5.26 Å². The minimum absolute atomic E-state index is 0.0408. The fourth-order valence-corrected chi connectivity index (χ4v) is 3.03. The Morgan fingerprint density at radius 2 is 1.90 bits per heavy atom. The molecule has 1 aromatic carbocycles. The molecule has 4 heteroatoms. The number of hydrogen-bond donors (Lipinski definition) is 0. The number of aryl methyl sites for hydroxylation is 1. The van der Waals surface area contributed by atoms with Crippen molar-refractivity contribution in [2.24, 2.45) is 5.41 Å². The van der Waals surface area contributed by atoms with Crippen LogP contribution in [-0.2, 0) is 6.42 Å². The van der Waals surface area contributed by atoms with E-state index in [4.69, 9.17) is 5.26 Å². The summed E-state index contributed by atoms with van der Waals surface area (Å²) in [4.78, 5) is 12.4. The van der Waals surface area contributed by atoms with Crippen molar-refractivity contribution in [3.63, 3.8) is 0 Å². The summed E-state index contributed by atoms with van der Waals surface area (Å²) in [5.41, 5.74) is 4.02. The lowest BCUT2D eigenvalue weighted by Gasteiger charge is -2.29. The number of ketones is 1. The van der Waals surface area contributed by atoms with Gasteiger partial charge in [0.15, 0.2) is 5.78 Å². The Hall–Kier alpha value is -2.41. The van der Waals surface area contributed by atoms with Crippen LogP contribution in [0.2, 0.25) is 0 Å². The average molecular weight is 279 g/mol. The molecule has 3 rings (SSSR count). The molecule has 0 bridgehead atoms. The summed E-state index contributed by atoms with van der Waals surface area (Å²) in [6.07, 6.45) is 1.40. The SMILES string of the molecule is Cc1nn(-c2ccc(C#N)cc2)c2c1C(=O)CC(C)(C)C2. The third-order valence-corrected chi connectivity index (χ3v) is 3.96. The zero-order valence-corrected chi connectivity index (χ0v) is 12.5. The van der Waals surface area contributed by atoms with Crippen LogP contribution in [0.3, 0.4) is 0 Å². The monoisotopic (exact) mass is 279 g/mol. The normalized spacial score (nSPS) is 16.4. The van der Waals surface area contributed by atoms with E-state index in [1.165, 1.54) is 0 Å². The Balaban J connectivity index is 2.15. The van der Waals surface area contributed by atoms with Gasteiger partial charge in [0.2, 0.25) is 0 Å². The standard InChI is InChI=1S/C17H17N3O/c1-11-16-14(8-17(2,3)9-15(16)21)20(19-11)13-6-4-12(10-18)5-7-13/h4-7H,8-9H2,1-3H3. The van der Waals surface area contributed by atoms with Crippen molar-refractivity contribution < 1.29 is 4.79 Å². The summed E-state index contributed by atoms with van der Waals surface area (Å²) >= 11 is 0. The number of nitriles is 1. The van der Waals surface area contributed by atoms with E-state index in [9.17, 15) is 4.79 Å². The first-order valence-electron chi connectivity index (χ1n) is 7.03. The van der Waals surface area contributed by atoms with Gasteiger partial charge < -0.3 is 0 Å². The summed E-state index contributed by atoms with van der Waals surface area (Å²) in [6.45, 7) is 6.10. The first kappa shape index (κ1) is 13.6. The topological polar surface area (TPSA) is 58.7 Å². The van der Waals surface area contributed by atoms with E-state index in [0.717, 1.165) is 29.1 Å². The van der Waals surface area contributed by atoms with Crippen molar-refractivity contribution in [2.75, 3.05) is 0 Å². The van der Waals surface area contributed by atoms with Crippen molar-refractivity contribution >= 4 is 5.78 Å². The Morgan fingerprint density at radius 3 is 2.52 bits per heavy atom. The predicted molar refractivity (Wildman–Crippen MR) is 79.4 cm³/mol. The Kier molecular flexibility index (Phi) is 2.94. The van der Waals surface area contributed by atoms with Crippen molar-refractivity contribution in [3.8, 4) is 11.8 Å². The predicted octanol–water partition coefficient (Wildman–Crippen LogP) is 3.21. The van der Waals surface area contributed by atoms with Gasteiger partial charge >= 0.3 is 0 Å².